The second kappa shape index (κ2) is 7.26. The highest BCUT2D eigenvalue weighted by Crippen LogP contribution is 2.32. The van der Waals surface area contributed by atoms with Gasteiger partial charge < -0.3 is 15.8 Å². The lowest BCUT2D eigenvalue weighted by atomic mass is 10.1. The van der Waals surface area contributed by atoms with E-state index in [9.17, 15) is 18.3 Å². The predicted octanol–water partition coefficient (Wildman–Crippen LogP) is 2.89. The van der Waals surface area contributed by atoms with Gasteiger partial charge in [-0.15, -0.1) is 0 Å². The van der Waals surface area contributed by atoms with Gasteiger partial charge in [-0.25, -0.2) is 13.4 Å². The molecule has 0 amide bonds. The van der Waals surface area contributed by atoms with Gasteiger partial charge >= 0.3 is 5.97 Å². The van der Waals surface area contributed by atoms with Crippen molar-refractivity contribution in [3.05, 3.63) is 52.3 Å². The molecule has 0 spiro atoms. The van der Waals surface area contributed by atoms with Crippen LogP contribution in [0.25, 0.3) is 11.0 Å². The van der Waals surface area contributed by atoms with Crippen molar-refractivity contribution in [2.75, 3.05) is 10.5 Å². The van der Waals surface area contributed by atoms with Crippen LogP contribution in [0, 0.1) is 0 Å². The highest BCUT2D eigenvalue weighted by molar-refractivity contribution is 7.94. The molecule has 1 atom stereocenters. The molecule has 0 bridgehead atoms. The first-order valence-corrected chi connectivity index (χ1v) is 9.88. The summed E-state index contributed by atoms with van der Waals surface area (Å²) in [5.41, 5.74) is 7.63. The lowest BCUT2D eigenvalue weighted by molar-refractivity contribution is -0.136. The number of benzene rings is 2. The molecule has 3 aromatic rings. The molecule has 0 aliphatic heterocycles. The number of nitrogen functional groups attached to an aromatic ring is 1. The Morgan fingerprint density at radius 3 is 2.56 bits per heavy atom. The summed E-state index contributed by atoms with van der Waals surface area (Å²) in [5.74, 6) is -1.49. The number of aromatic amines is 1. The first-order valence-electron chi connectivity index (χ1n) is 7.58. The quantitative estimate of drug-likeness (QED) is 0.445. The smallest absolute Gasteiger partial charge is 0.324 e. The number of aromatic nitrogens is 2. The summed E-state index contributed by atoms with van der Waals surface area (Å²) >= 11 is 11.8. The minimum Gasteiger partial charge on any atom is -0.480 e. The first kappa shape index (κ1) is 19.3. The van der Waals surface area contributed by atoms with Gasteiger partial charge in [-0.2, -0.15) is 0 Å². The Hall–Kier alpha value is -2.49. The van der Waals surface area contributed by atoms with Crippen LogP contribution in [0.15, 0.2) is 36.7 Å². The number of nitrogens with two attached hydrogens (primary N) is 1. The number of fused-ring (bicyclic) bond motifs is 1. The standard InChI is InChI=1S/C16H14Cl2N4O4S/c17-10-5-9(6-11(18)15(10)19)22-27(25,26)14(16(23)24)4-8-1-2-12-13(3-8)21-7-20-12/h1-3,5-7,14,22H,4,19H2,(H,20,21)(H,23,24). The Morgan fingerprint density at radius 2 is 1.93 bits per heavy atom. The van der Waals surface area contributed by atoms with Gasteiger partial charge in [-0.05, 0) is 29.8 Å². The van der Waals surface area contributed by atoms with Crippen LogP contribution in [0.3, 0.4) is 0 Å². The van der Waals surface area contributed by atoms with Crippen molar-refractivity contribution in [1.29, 1.82) is 0 Å². The molecule has 1 heterocycles. The van der Waals surface area contributed by atoms with Crippen LogP contribution in [0.4, 0.5) is 11.4 Å². The van der Waals surface area contributed by atoms with Crippen LogP contribution >= 0.6 is 23.2 Å². The number of hydrogen-bond donors (Lipinski definition) is 4. The molecule has 3 rings (SSSR count). The molecule has 142 valence electrons. The predicted molar refractivity (Wildman–Crippen MR) is 105 cm³/mol. The number of imidazole rings is 1. The minimum absolute atomic E-state index is 0.0215. The molecule has 0 radical (unpaired) electrons. The molecule has 1 aromatic heterocycles. The molecule has 0 fully saturated rings. The average molecular weight is 429 g/mol. The van der Waals surface area contributed by atoms with E-state index >= 15 is 0 Å². The molecule has 2 aromatic carbocycles. The largest absolute Gasteiger partial charge is 0.480 e. The summed E-state index contributed by atoms with van der Waals surface area (Å²) in [6.07, 6.45) is 1.25. The molecule has 0 aliphatic rings. The lowest BCUT2D eigenvalue weighted by Gasteiger charge is -2.16. The van der Waals surface area contributed by atoms with Crippen molar-refractivity contribution in [2.24, 2.45) is 0 Å². The van der Waals surface area contributed by atoms with Crippen LogP contribution in [0.5, 0.6) is 0 Å². The zero-order chi connectivity index (χ0) is 19.8. The van der Waals surface area contributed by atoms with Crippen molar-refractivity contribution in [1.82, 2.24) is 9.97 Å². The van der Waals surface area contributed by atoms with Gasteiger partial charge in [0.2, 0.25) is 10.0 Å². The van der Waals surface area contributed by atoms with Crippen molar-refractivity contribution in [2.45, 2.75) is 11.7 Å². The van der Waals surface area contributed by atoms with E-state index in [1.807, 2.05) is 0 Å². The molecule has 0 saturated heterocycles. The number of nitrogens with one attached hydrogen (secondary N) is 2. The lowest BCUT2D eigenvalue weighted by Crippen LogP contribution is -2.36. The van der Waals surface area contributed by atoms with Crippen molar-refractivity contribution in [3.63, 3.8) is 0 Å². The minimum atomic E-state index is -4.29. The van der Waals surface area contributed by atoms with E-state index in [0.717, 1.165) is 5.52 Å². The molecular formula is C16H14Cl2N4O4S. The van der Waals surface area contributed by atoms with Gasteiger partial charge in [0.25, 0.3) is 0 Å². The summed E-state index contributed by atoms with van der Waals surface area (Å²) in [4.78, 5) is 18.6. The van der Waals surface area contributed by atoms with E-state index in [1.165, 1.54) is 18.5 Å². The highest BCUT2D eigenvalue weighted by Gasteiger charge is 2.33. The second-order valence-electron chi connectivity index (χ2n) is 5.79. The van der Waals surface area contributed by atoms with Crippen LogP contribution in [-0.4, -0.2) is 34.7 Å². The zero-order valence-electron chi connectivity index (χ0n) is 13.6. The molecule has 0 saturated carbocycles. The number of hydrogen-bond acceptors (Lipinski definition) is 5. The Balaban J connectivity index is 1.89. The van der Waals surface area contributed by atoms with Gasteiger partial charge in [0.15, 0.2) is 5.25 Å². The number of rotatable bonds is 6. The molecule has 11 heteroatoms. The number of carbonyl (C=O) groups is 1. The van der Waals surface area contributed by atoms with E-state index in [4.69, 9.17) is 28.9 Å². The van der Waals surface area contributed by atoms with Gasteiger partial charge in [-0.1, -0.05) is 29.3 Å². The second-order valence-corrected chi connectivity index (χ2v) is 8.46. The SMILES string of the molecule is Nc1c(Cl)cc(NS(=O)(=O)C(Cc2ccc3[nH]cnc3c2)C(=O)O)cc1Cl. The fraction of sp³-hybridized carbons (Fsp3) is 0.125. The molecular weight excluding hydrogens is 415 g/mol. The van der Waals surface area contributed by atoms with Crippen LogP contribution in [-0.2, 0) is 21.2 Å². The summed E-state index contributed by atoms with van der Waals surface area (Å²) in [6.45, 7) is 0. The van der Waals surface area contributed by atoms with Gasteiger partial charge in [-0.3, -0.25) is 9.52 Å². The van der Waals surface area contributed by atoms with E-state index < -0.39 is 21.2 Å². The fourth-order valence-corrected chi connectivity index (χ4v) is 4.28. The van der Waals surface area contributed by atoms with E-state index in [-0.39, 0.29) is 27.8 Å². The molecule has 0 aliphatic carbocycles. The summed E-state index contributed by atoms with van der Waals surface area (Å²) in [7, 11) is -4.29. The summed E-state index contributed by atoms with van der Waals surface area (Å²) in [6, 6.07) is 7.50. The number of anilines is 2. The Kier molecular flexibility index (Phi) is 5.18. The van der Waals surface area contributed by atoms with Crippen molar-refractivity contribution < 1.29 is 18.3 Å². The third-order valence-electron chi connectivity index (χ3n) is 3.90. The van der Waals surface area contributed by atoms with Crippen molar-refractivity contribution >= 4 is 61.6 Å². The van der Waals surface area contributed by atoms with Crippen LogP contribution in [0.1, 0.15) is 5.56 Å². The van der Waals surface area contributed by atoms with E-state index in [2.05, 4.69) is 14.7 Å². The Morgan fingerprint density at radius 1 is 1.26 bits per heavy atom. The van der Waals surface area contributed by atoms with E-state index in [0.29, 0.717) is 11.1 Å². The van der Waals surface area contributed by atoms with Crippen LogP contribution in [0.2, 0.25) is 10.0 Å². The molecule has 8 nitrogen and oxygen atoms in total. The topological polar surface area (TPSA) is 138 Å². The fourth-order valence-electron chi connectivity index (χ4n) is 2.53. The van der Waals surface area contributed by atoms with E-state index in [1.54, 1.807) is 18.2 Å². The number of H-pyrrole nitrogens is 1. The zero-order valence-corrected chi connectivity index (χ0v) is 15.9. The normalized spacial score (nSPS) is 12.8. The third kappa shape index (κ3) is 4.10. The molecule has 5 N–H and O–H groups in total. The number of nitrogens with zero attached hydrogens (tertiary/aromatic N) is 1. The maximum Gasteiger partial charge on any atom is 0.324 e. The maximum absolute atomic E-state index is 12.6. The average Bonchev–Trinajstić information content (AvgIpc) is 3.04. The first-order chi connectivity index (χ1) is 12.7. The molecule has 27 heavy (non-hydrogen) atoms. The molecule has 1 unspecified atom stereocenters. The monoisotopic (exact) mass is 428 g/mol. The van der Waals surface area contributed by atoms with Crippen molar-refractivity contribution in [3.8, 4) is 0 Å². The summed E-state index contributed by atoms with van der Waals surface area (Å²) in [5, 5.41) is 7.83. The number of halogens is 2. The number of carboxylic acids is 1. The van der Waals surface area contributed by atoms with Gasteiger partial charge in [0.1, 0.15) is 0 Å². The van der Waals surface area contributed by atoms with Crippen LogP contribution < -0.4 is 10.5 Å². The summed E-state index contributed by atoms with van der Waals surface area (Å²) < 4.78 is 27.5. The number of aliphatic carboxylic acids is 1. The maximum atomic E-state index is 12.6. The van der Waals surface area contributed by atoms with Gasteiger partial charge in [0, 0.05) is 6.42 Å². The Labute approximate surface area is 164 Å². The third-order valence-corrected chi connectivity index (χ3v) is 6.16. The number of carboxylic acid groups (broad SMARTS) is 1. The Bertz CT molecular complexity index is 1110. The highest BCUT2D eigenvalue weighted by atomic mass is 35.5. The van der Waals surface area contributed by atoms with Gasteiger partial charge in [0.05, 0.1) is 38.8 Å². The number of sulfonamides is 1.